The van der Waals surface area contributed by atoms with Crippen molar-refractivity contribution in [2.75, 3.05) is 19.5 Å². The second-order valence-electron chi connectivity index (χ2n) is 5.84. The molecule has 0 saturated heterocycles. The number of nitrogens with zero attached hydrogens (tertiary/aromatic N) is 2. The number of ether oxygens (including phenoxy) is 2. The first-order valence-corrected chi connectivity index (χ1v) is 9.15. The molecule has 7 nitrogen and oxygen atoms in total. The van der Waals surface area contributed by atoms with Gasteiger partial charge in [0.05, 0.1) is 25.6 Å². The Kier molecular flexibility index (Phi) is 6.10. The van der Waals surface area contributed by atoms with E-state index in [1.807, 2.05) is 24.3 Å². The van der Waals surface area contributed by atoms with Gasteiger partial charge in [-0.05, 0) is 30.3 Å². The van der Waals surface area contributed by atoms with Crippen LogP contribution >= 0.6 is 15.9 Å². The highest BCUT2D eigenvalue weighted by Crippen LogP contribution is 2.28. The standard InChI is InChI=1S/C20H18BrN3O4/c1-27-15-7-9-18(28-2)17(11-15)22-19(25)12-24-20(26)10-8-16(23-24)13-3-5-14(21)6-4-13/h3-11H,12H2,1-2H3,(H,22,25). The number of benzene rings is 2. The lowest BCUT2D eigenvalue weighted by atomic mass is 10.1. The van der Waals surface area contributed by atoms with Crippen LogP contribution < -0.4 is 20.3 Å². The van der Waals surface area contributed by atoms with Crippen LogP contribution in [0.3, 0.4) is 0 Å². The number of carbonyl (C=O) groups excluding carboxylic acids is 1. The van der Waals surface area contributed by atoms with Gasteiger partial charge in [0.15, 0.2) is 0 Å². The fourth-order valence-corrected chi connectivity index (χ4v) is 2.84. The number of nitrogens with one attached hydrogen (secondary N) is 1. The van der Waals surface area contributed by atoms with Crippen LogP contribution in [0.1, 0.15) is 0 Å². The van der Waals surface area contributed by atoms with Crippen LogP contribution in [-0.4, -0.2) is 29.9 Å². The third-order valence-corrected chi connectivity index (χ3v) is 4.51. The van der Waals surface area contributed by atoms with Crippen molar-refractivity contribution in [3.8, 4) is 22.8 Å². The zero-order chi connectivity index (χ0) is 20.1. The summed E-state index contributed by atoms with van der Waals surface area (Å²) in [6.07, 6.45) is 0. The molecule has 3 aromatic rings. The van der Waals surface area contributed by atoms with Gasteiger partial charge < -0.3 is 14.8 Å². The van der Waals surface area contributed by atoms with Crippen LogP contribution in [0, 0.1) is 0 Å². The van der Waals surface area contributed by atoms with Gasteiger partial charge in [-0.15, -0.1) is 0 Å². The maximum atomic E-state index is 12.5. The first kappa shape index (κ1) is 19.6. The largest absolute Gasteiger partial charge is 0.497 e. The van der Waals surface area contributed by atoms with Crippen molar-refractivity contribution >= 4 is 27.5 Å². The van der Waals surface area contributed by atoms with E-state index in [1.54, 1.807) is 24.3 Å². The number of halogens is 1. The van der Waals surface area contributed by atoms with Crippen molar-refractivity contribution in [3.63, 3.8) is 0 Å². The van der Waals surface area contributed by atoms with Crippen molar-refractivity contribution in [2.45, 2.75) is 6.54 Å². The molecule has 0 bridgehead atoms. The Morgan fingerprint density at radius 3 is 2.50 bits per heavy atom. The van der Waals surface area contributed by atoms with Gasteiger partial charge in [-0.25, -0.2) is 4.68 Å². The minimum Gasteiger partial charge on any atom is -0.497 e. The number of carbonyl (C=O) groups is 1. The maximum absolute atomic E-state index is 12.5. The number of hydrogen-bond donors (Lipinski definition) is 1. The van der Waals surface area contributed by atoms with Gasteiger partial charge in [-0.2, -0.15) is 5.10 Å². The van der Waals surface area contributed by atoms with Crippen LogP contribution in [0.4, 0.5) is 5.69 Å². The lowest BCUT2D eigenvalue weighted by Crippen LogP contribution is -2.29. The van der Waals surface area contributed by atoms with Gasteiger partial charge in [0.2, 0.25) is 5.91 Å². The lowest BCUT2D eigenvalue weighted by Gasteiger charge is -2.12. The van der Waals surface area contributed by atoms with Gasteiger partial charge in [0.1, 0.15) is 18.0 Å². The van der Waals surface area contributed by atoms with E-state index in [0.717, 1.165) is 14.7 Å². The predicted octanol–water partition coefficient (Wildman–Crippen LogP) is 3.33. The van der Waals surface area contributed by atoms with E-state index < -0.39 is 5.91 Å². The molecule has 3 rings (SSSR count). The fraction of sp³-hybridized carbons (Fsp3) is 0.150. The topological polar surface area (TPSA) is 82.4 Å². The van der Waals surface area contributed by atoms with Gasteiger partial charge in [-0.3, -0.25) is 9.59 Å². The molecule has 0 atom stereocenters. The molecule has 1 amide bonds. The molecule has 1 aromatic heterocycles. The Morgan fingerprint density at radius 1 is 1.07 bits per heavy atom. The highest BCUT2D eigenvalue weighted by atomic mass is 79.9. The Balaban J connectivity index is 1.82. The summed E-state index contributed by atoms with van der Waals surface area (Å²) in [6.45, 7) is -0.233. The molecule has 0 aliphatic carbocycles. The molecule has 0 aliphatic rings. The third-order valence-electron chi connectivity index (χ3n) is 3.98. The van der Waals surface area contributed by atoms with Crippen LogP contribution in [0.25, 0.3) is 11.3 Å². The molecule has 0 fully saturated rings. The van der Waals surface area contributed by atoms with Crippen LogP contribution in [0.15, 0.2) is 63.9 Å². The lowest BCUT2D eigenvalue weighted by molar-refractivity contribution is -0.117. The molecular weight excluding hydrogens is 426 g/mol. The molecule has 0 unspecified atom stereocenters. The number of rotatable bonds is 6. The minimum atomic E-state index is -0.408. The van der Waals surface area contributed by atoms with E-state index in [4.69, 9.17) is 9.47 Å². The molecule has 28 heavy (non-hydrogen) atoms. The van der Waals surface area contributed by atoms with Gasteiger partial charge in [-0.1, -0.05) is 28.1 Å². The van der Waals surface area contributed by atoms with E-state index in [9.17, 15) is 9.59 Å². The second kappa shape index (κ2) is 8.71. The summed E-state index contributed by atoms with van der Waals surface area (Å²) in [6, 6.07) is 15.6. The average molecular weight is 444 g/mol. The first-order chi connectivity index (χ1) is 13.5. The summed E-state index contributed by atoms with van der Waals surface area (Å²) in [5.41, 5.74) is 1.52. The molecule has 1 heterocycles. The van der Waals surface area contributed by atoms with Crippen LogP contribution in [0.2, 0.25) is 0 Å². The van der Waals surface area contributed by atoms with Crippen molar-refractivity contribution in [2.24, 2.45) is 0 Å². The summed E-state index contributed by atoms with van der Waals surface area (Å²) in [7, 11) is 3.04. The smallest absolute Gasteiger partial charge is 0.267 e. The highest BCUT2D eigenvalue weighted by molar-refractivity contribution is 9.10. The van der Waals surface area contributed by atoms with Gasteiger partial charge >= 0.3 is 0 Å². The summed E-state index contributed by atoms with van der Waals surface area (Å²) >= 11 is 3.38. The Morgan fingerprint density at radius 2 is 1.82 bits per heavy atom. The third kappa shape index (κ3) is 4.58. The van der Waals surface area contributed by atoms with Gasteiger partial charge in [0.25, 0.3) is 5.56 Å². The molecule has 0 aliphatic heterocycles. The SMILES string of the molecule is COc1ccc(OC)c(NC(=O)Cn2nc(-c3ccc(Br)cc3)ccc2=O)c1. The van der Waals surface area contributed by atoms with E-state index in [-0.39, 0.29) is 12.1 Å². The molecule has 2 aromatic carbocycles. The Hall–Kier alpha value is -3.13. The van der Waals surface area contributed by atoms with Crippen molar-refractivity contribution < 1.29 is 14.3 Å². The monoisotopic (exact) mass is 443 g/mol. The van der Waals surface area contributed by atoms with Crippen LogP contribution in [-0.2, 0) is 11.3 Å². The zero-order valence-electron chi connectivity index (χ0n) is 15.3. The number of amides is 1. The summed E-state index contributed by atoms with van der Waals surface area (Å²) in [5, 5.41) is 7.03. The molecule has 144 valence electrons. The molecule has 0 saturated carbocycles. The zero-order valence-corrected chi connectivity index (χ0v) is 16.9. The first-order valence-electron chi connectivity index (χ1n) is 8.36. The van der Waals surface area contributed by atoms with Crippen molar-refractivity contribution in [1.82, 2.24) is 9.78 Å². The van der Waals surface area contributed by atoms with E-state index in [0.29, 0.717) is 22.9 Å². The fourth-order valence-electron chi connectivity index (χ4n) is 2.57. The van der Waals surface area contributed by atoms with E-state index in [2.05, 4.69) is 26.3 Å². The molecule has 0 radical (unpaired) electrons. The predicted molar refractivity (Wildman–Crippen MR) is 110 cm³/mol. The average Bonchev–Trinajstić information content (AvgIpc) is 2.70. The number of hydrogen-bond acceptors (Lipinski definition) is 5. The molecule has 8 heteroatoms. The molecular formula is C20H18BrN3O4. The Labute approximate surface area is 170 Å². The maximum Gasteiger partial charge on any atom is 0.267 e. The van der Waals surface area contributed by atoms with Crippen molar-refractivity contribution in [1.29, 1.82) is 0 Å². The number of aromatic nitrogens is 2. The summed E-state index contributed by atoms with van der Waals surface area (Å²) in [5.74, 6) is 0.649. The molecule has 1 N–H and O–H groups in total. The highest BCUT2D eigenvalue weighted by Gasteiger charge is 2.12. The van der Waals surface area contributed by atoms with E-state index in [1.165, 1.54) is 20.3 Å². The summed E-state index contributed by atoms with van der Waals surface area (Å²) in [4.78, 5) is 24.6. The normalized spacial score (nSPS) is 10.4. The number of anilines is 1. The van der Waals surface area contributed by atoms with Crippen LogP contribution in [0.5, 0.6) is 11.5 Å². The quantitative estimate of drug-likeness (QED) is 0.631. The van der Waals surface area contributed by atoms with E-state index >= 15 is 0 Å². The Bertz CT molecular complexity index is 1050. The van der Waals surface area contributed by atoms with Crippen molar-refractivity contribution in [3.05, 3.63) is 69.4 Å². The minimum absolute atomic E-state index is 0.233. The molecule has 0 spiro atoms. The number of methoxy groups -OCH3 is 2. The second-order valence-corrected chi connectivity index (χ2v) is 6.75. The summed E-state index contributed by atoms with van der Waals surface area (Å²) < 4.78 is 12.5. The van der Waals surface area contributed by atoms with Gasteiger partial charge in [0, 0.05) is 22.2 Å².